The van der Waals surface area contributed by atoms with Gasteiger partial charge in [-0.1, -0.05) is 37.3 Å². The second-order valence-corrected chi connectivity index (χ2v) is 7.33. The molecule has 3 heterocycles. The van der Waals surface area contributed by atoms with Crippen molar-refractivity contribution in [1.82, 2.24) is 19.9 Å². The molecule has 1 saturated heterocycles. The number of carbonyl (C=O) groups excluding carboxylic acids is 1. The predicted octanol–water partition coefficient (Wildman–Crippen LogP) is 3.60. The number of benzene rings is 1. The molecule has 0 N–H and O–H groups in total. The van der Waals surface area contributed by atoms with Crippen LogP contribution in [0.15, 0.2) is 42.0 Å². The average Bonchev–Trinajstić information content (AvgIpc) is 3.40. The van der Waals surface area contributed by atoms with Crippen molar-refractivity contribution in [2.45, 2.75) is 25.9 Å². The number of likely N-dealkylation sites (tertiary alicyclic amines) is 1. The van der Waals surface area contributed by atoms with Crippen LogP contribution in [0.25, 0.3) is 10.6 Å². The van der Waals surface area contributed by atoms with Gasteiger partial charge in [-0.15, -0.1) is 11.3 Å². The molecule has 1 unspecified atom stereocenters. The van der Waals surface area contributed by atoms with E-state index in [1.165, 1.54) is 17.7 Å². The van der Waals surface area contributed by atoms with Crippen LogP contribution in [-0.4, -0.2) is 45.0 Å². The molecule has 8 heteroatoms. The van der Waals surface area contributed by atoms with Crippen LogP contribution in [0.3, 0.4) is 0 Å². The molecule has 0 saturated carbocycles. The summed E-state index contributed by atoms with van der Waals surface area (Å²) < 4.78 is 20.0. The van der Waals surface area contributed by atoms with Gasteiger partial charge in [-0.2, -0.15) is 9.37 Å². The summed E-state index contributed by atoms with van der Waals surface area (Å²) in [4.78, 5) is 26.7. The van der Waals surface area contributed by atoms with Crippen LogP contribution in [0, 0.1) is 5.82 Å². The van der Waals surface area contributed by atoms with Gasteiger partial charge < -0.3 is 9.64 Å². The maximum atomic E-state index is 14.3. The minimum atomic E-state index is -0.526. The molecule has 1 aromatic carbocycles. The summed E-state index contributed by atoms with van der Waals surface area (Å²) in [6, 6.07) is 9.76. The summed E-state index contributed by atoms with van der Waals surface area (Å²) in [6.07, 6.45) is 2.08. The fraction of sp³-hybridized carbons (Fsp3) is 0.300. The fourth-order valence-corrected chi connectivity index (χ4v) is 3.93. The lowest BCUT2D eigenvalue weighted by atomic mass is 10.2. The first kappa shape index (κ1) is 18.5. The lowest BCUT2D eigenvalue weighted by Crippen LogP contribution is -2.31. The number of amides is 1. The first-order chi connectivity index (χ1) is 13.7. The third kappa shape index (κ3) is 3.73. The molecule has 6 nitrogen and oxygen atoms in total. The number of hydrogen-bond donors (Lipinski definition) is 0. The molecule has 144 valence electrons. The van der Waals surface area contributed by atoms with Gasteiger partial charge in [0.2, 0.25) is 5.82 Å². The third-order valence-electron chi connectivity index (χ3n) is 4.62. The number of halogens is 1. The topological polar surface area (TPSA) is 68.2 Å². The summed E-state index contributed by atoms with van der Waals surface area (Å²) in [5, 5.41) is 2.59. The Morgan fingerprint density at radius 1 is 1.32 bits per heavy atom. The normalized spacial score (nSPS) is 16.4. The summed E-state index contributed by atoms with van der Waals surface area (Å²) in [6.45, 7) is 2.74. The van der Waals surface area contributed by atoms with Gasteiger partial charge in [0, 0.05) is 23.9 Å². The fourth-order valence-electron chi connectivity index (χ4n) is 3.13. The van der Waals surface area contributed by atoms with Gasteiger partial charge in [-0.25, -0.2) is 9.97 Å². The van der Waals surface area contributed by atoms with E-state index in [1.54, 1.807) is 10.3 Å². The van der Waals surface area contributed by atoms with Crippen molar-refractivity contribution in [2.24, 2.45) is 0 Å². The van der Waals surface area contributed by atoms with E-state index < -0.39 is 5.82 Å². The zero-order valence-electron chi connectivity index (χ0n) is 15.3. The third-order valence-corrected chi connectivity index (χ3v) is 5.51. The smallest absolute Gasteiger partial charge is 0.273 e. The predicted molar refractivity (Wildman–Crippen MR) is 104 cm³/mol. The van der Waals surface area contributed by atoms with Crippen molar-refractivity contribution in [3.05, 3.63) is 59.2 Å². The highest BCUT2D eigenvalue weighted by Crippen LogP contribution is 2.26. The Balaban J connectivity index is 1.42. The molecule has 28 heavy (non-hydrogen) atoms. The van der Waals surface area contributed by atoms with Crippen LogP contribution in [0.4, 0.5) is 4.39 Å². The Bertz CT molecular complexity index is 979. The van der Waals surface area contributed by atoms with E-state index in [0.717, 1.165) is 10.6 Å². The highest BCUT2D eigenvalue weighted by molar-refractivity contribution is 7.13. The first-order valence-corrected chi connectivity index (χ1v) is 10.00. The van der Waals surface area contributed by atoms with Gasteiger partial charge in [0.25, 0.3) is 11.8 Å². The van der Waals surface area contributed by atoms with Gasteiger partial charge >= 0.3 is 0 Å². The Kier molecular flexibility index (Phi) is 5.29. The van der Waals surface area contributed by atoms with E-state index >= 15 is 0 Å². The Labute approximate surface area is 166 Å². The van der Waals surface area contributed by atoms with Crippen LogP contribution in [0.1, 0.15) is 29.5 Å². The van der Waals surface area contributed by atoms with Crippen LogP contribution in [-0.2, 0) is 6.42 Å². The largest absolute Gasteiger partial charge is 0.470 e. The number of thiazole rings is 1. The minimum absolute atomic E-state index is 0.0498. The summed E-state index contributed by atoms with van der Waals surface area (Å²) >= 11 is 1.44. The second-order valence-electron chi connectivity index (χ2n) is 6.48. The summed E-state index contributed by atoms with van der Waals surface area (Å²) in [5.41, 5.74) is 1.73. The van der Waals surface area contributed by atoms with E-state index in [9.17, 15) is 9.18 Å². The van der Waals surface area contributed by atoms with Gasteiger partial charge in [0.15, 0.2) is 0 Å². The number of carbonyl (C=O) groups is 1. The van der Waals surface area contributed by atoms with E-state index in [-0.39, 0.29) is 17.9 Å². The molecule has 4 rings (SSSR count). The molecule has 1 aliphatic rings. The monoisotopic (exact) mass is 398 g/mol. The van der Waals surface area contributed by atoms with Crippen molar-refractivity contribution in [1.29, 1.82) is 0 Å². The van der Waals surface area contributed by atoms with E-state index in [2.05, 4.69) is 15.0 Å². The van der Waals surface area contributed by atoms with Crippen molar-refractivity contribution in [3.8, 4) is 16.5 Å². The Morgan fingerprint density at radius 3 is 2.93 bits per heavy atom. The molecular formula is C20H19FN4O2S. The van der Waals surface area contributed by atoms with Crippen LogP contribution < -0.4 is 4.74 Å². The highest BCUT2D eigenvalue weighted by atomic mass is 32.1. The van der Waals surface area contributed by atoms with Crippen molar-refractivity contribution in [3.63, 3.8) is 0 Å². The number of nitrogens with zero attached hydrogens (tertiary/aromatic N) is 4. The molecular weight excluding hydrogens is 379 g/mol. The van der Waals surface area contributed by atoms with E-state index in [0.29, 0.717) is 37.3 Å². The minimum Gasteiger partial charge on any atom is -0.470 e. The molecule has 0 radical (unpaired) electrons. The van der Waals surface area contributed by atoms with Crippen LogP contribution in [0.2, 0.25) is 0 Å². The standard InChI is InChI=1S/C20H19FN4O2S/c1-2-15-17(21)18(23-12-22-15)27-14-8-9-25(10-14)20(26)16-11-28-19(24-16)13-6-4-3-5-7-13/h3-7,11-12,14H,2,8-10H2,1H3. The molecule has 0 spiro atoms. The van der Waals surface area contributed by atoms with Crippen LogP contribution >= 0.6 is 11.3 Å². The molecule has 0 bridgehead atoms. The van der Waals surface area contributed by atoms with Crippen molar-refractivity contribution < 1.29 is 13.9 Å². The van der Waals surface area contributed by atoms with Gasteiger partial charge in [0.1, 0.15) is 23.1 Å². The van der Waals surface area contributed by atoms with E-state index in [4.69, 9.17) is 4.74 Å². The number of rotatable bonds is 5. The molecule has 3 aromatic rings. The molecule has 0 aliphatic carbocycles. The van der Waals surface area contributed by atoms with Crippen molar-refractivity contribution in [2.75, 3.05) is 13.1 Å². The molecule has 2 aromatic heterocycles. The van der Waals surface area contributed by atoms with E-state index in [1.807, 2.05) is 37.3 Å². The lowest BCUT2D eigenvalue weighted by Gasteiger charge is -2.16. The number of ether oxygens (including phenoxy) is 1. The van der Waals surface area contributed by atoms with Crippen LogP contribution in [0.5, 0.6) is 5.88 Å². The van der Waals surface area contributed by atoms with Crippen molar-refractivity contribution >= 4 is 17.2 Å². The van der Waals surface area contributed by atoms with Gasteiger partial charge in [-0.3, -0.25) is 4.79 Å². The quantitative estimate of drug-likeness (QED) is 0.657. The first-order valence-electron chi connectivity index (χ1n) is 9.12. The zero-order valence-corrected chi connectivity index (χ0v) is 16.2. The SMILES string of the molecule is CCc1ncnc(OC2CCN(C(=O)c3csc(-c4ccccc4)n3)C2)c1F. The molecule has 1 aliphatic heterocycles. The Hall–Kier alpha value is -2.87. The van der Waals surface area contributed by atoms with Gasteiger partial charge in [-0.05, 0) is 6.42 Å². The average molecular weight is 398 g/mol. The number of aryl methyl sites for hydroxylation is 1. The number of aromatic nitrogens is 3. The molecule has 1 fully saturated rings. The summed E-state index contributed by atoms with van der Waals surface area (Å²) in [5.74, 6) is -0.713. The lowest BCUT2D eigenvalue weighted by molar-refractivity contribution is 0.0765. The maximum absolute atomic E-state index is 14.3. The number of hydrogen-bond acceptors (Lipinski definition) is 6. The summed E-state index contributed by atoms with van der Waals surface area (Å²) in [7, 11) is 0. The maximum Gasteiger partial charge on any atom is 0.273 e. The molecule has 1 amide bonds. The zero-order chi connectivity index (χ0) is 19.5. The Morgan fingerprint density at radius 2 is 2.14 bits per heavy atom. The second kappa shape index (κ2) is 8.02. The van der Waals surface area contributed by atoms with Gasteiger partial charge in [0.05, 0.1) is 12.2 Å². The molecule has 1 atom stereocenters. The highest BCUT2D eigenvalue weighted by Gasteiger charge is 2.30.